The number of nitrogens with zero attached hydrogens (tertiary/aromatic N) is 2. The van der Waals surface area contributed by atoms with Crippen molar-refractivity contribution in [2.24, 2.45) is 0 Å². The first-order chi connectivity index (χ1) is 8.85. The smallest absolute Gasteiger partial charge is 0.0770 e. The van der Waals surface area contributed by atoms with E-state index in [0.29, 0.717) is 12.1 Å². The highest BCUT2D eigenvalue weighted by Gasteiger charge is 2.26. The van der Waals surface area contributed by atoms with Gasteiger partial charge in [-0.1, -0.05) is 6.92 Å². The van der Waals surface area contributed by atoms with Crippen LogP contribution in [0.1, 0.15) is 51.1 Å². The molecule has 0 amide bonds. The molecule has 0 radical (unpaired) electrons. The van der Waals surface area contributed by atoms with E-state index in [4.69, 9.17) is 4.74 Å². The summed E-state index contributed by atoms with van der Waals surface area (Å²) in [5.74, 6) is 0. The molecule has 2 heterocycles. The minimum absolute atomic E-state index is 0.297. The van der Waals surface area contributed by atoms with Crippen LogP contribution in [0.3, 0.4) is 0 Å². The molecule has 18 heavy (non-hydrogen) atoms. The third-order valence-electron chi connectivity index (χ3n) is 3.54. The van der Waals surface area contributed by atoms with Crippen molar-refractivity contribution in [3.63, 3.8) is 0 Å². The average Bonchev–Trinajstić information content (AvgIpc) is 2.89. The summed E-state index contributed by atoms with van der Waals surface area (Å²) >= 11 is 0. The third kappa shape index (κ3) is 3.33. The second-order valence-corrected chi connectivity index (χ2v) is 4.97. The molecule has 1 saturated heterocycles. The van der Waals surface area contributed by atoms with E-state index >= 15 is 0 Å². The Kier molecular flexibility index (Phi) is 5.20. The number of nitrogens with one attached hydrogen (secondary N) is 1. The van der Waals surface area contributed by atoms with Crippen molar-refractivity contribution in [2.45, 2.75) is 58.2 Å². The van der Waals surface area contributed by atoms with Gasteiger partial charge in [-0.15, -0.1) is 0 Å². The summed E-state index contributed by atoms with van der Waals surface area (Å²) in [5.41, 5.74) is 1.26. The molecule has 1 aromatic heterocycles. The summed E-state index contributed by atoms with van der Waals surface area (Å²) in [4.78, 5) is 0. The molecule has 0 aromatic carbocycles. The minimum Gasteiger partial charge on any atom is -0.376 e. The fourth-order valence-electron chi connectivity index (χ4n) is 2.51. The normalized spacial score (nSPS) is 22.0. The second-order valence-electron chi connectivity index (χ2n) is 4.97. The highest BCUT2D eigenvalue weighted by Crippen LogP contribution is 2.26. The van der Waals surface area contributed by atoms with Crippen molar-refractivity contribution in [1.82, 2.24) is 15.1 Å². The van der Waals surface area contributed by atoms with Gasteiger partial charge in [0.15, 0.2) is 0 Å². The molecular formula is C14H25N3O. The lowest BCUT2D eigenvalue weighted by molar-refractivity contribution is -0.00817. The summed E-state index contributed by atoms with van der Waals surface area (Å²) in [7, 11) is 0. The fraction of sp³-hybridized carbons (Fsp3) is 0.786. The topological polar surface area (TPSA) is 39.1 Å². The molecule has 0 spiro atoms. The van der Waals surface area contributed by atoms with Crippen molar-refractivity contribution in [3.8, 4) is 0 Å². The molecule has 1 aliphatic rings. The van der Waals surface area contributed by atoms with Crippen LogP contribution in [0.25, 0.3) is 0 Å². The number of aryl methyl sites for hydroxylation is 1. The van der Waals surface area contributed by atoms with Gasteiger partial charge in [0, 0.05) is 24.9 Å². The van der Waals surface area contributed by atoms with Gasteiger partial charge >= 0.3 is 0 Å². The van der Waals surface area contributed by atoms with Crippen molar-refractivity contribution in [3.05, 3.63) is 18.0 Å². The first kappa shape index (κ1) is 13.6. The van der Waals surface area contributed by atoms with Gasteiger partial charge in [0.1, 0.15) is 0 Å². The van der Waals surface area contributed by atoms with Crippen molar-refractivity contribution in [2.75, 3.05) is 13.2 Å². The molecule has 0 saturated carbocycles. The molecule has 2 unspecified atom stereocenters. The quantitative estimate of drug-likeness (QED) is 0.844. The molecule has 1 N–H and O–H groups in total. The zero-order chi connectivity index (χ0) is 12.8. The second kappa shape index (κ2) is 6.90. The number of hydrogen-bond acceptors (Lipinski definition) is 3. The third-order valence-corrected chi connectivity index (χ3v) is 3.54. The fourth-order valence-corrected chi connectivity index (χ4v) is 2.51. The van der Waals surface area contributed by atoms with Crippen LogP contribution in [0.4, 0.5) is 0 Å². The van der Waals surface area contributed by atoms with Gasteiger partial charge in [0.05, 0.1) is 18.3 Å². The lowest BCUT2D eigenvalue weighted by Crippen LogP contribution is -2.36. The van der Waals surface area contributed by atoms with Crippen molar-refractivity contribution in [1.29, 1.82) is 0 Å². The molecule has 1 aromatic rings. The first-order valence-corrected chi connectivity index (χ1v) is 7.22. The molecule has 1 fully saturated rings. The van der Waals surface area contributed by atoms with Crippen LogP contribution in [0.5, 0.6) is 0 Å². The van der Waals surface area contributed by atoms with Crippen LogP contribution in [0.2, 0.25) is 0 Å². The van der Waals surface area contributed by atoms with E-state index in [1.807, 2.05) is 10.9 Å². The van der Waals surface area contributed by atoms with Crippen molar-refractivity contribution < 1.29 is 4.74 Å². The Hall–Kier alpha value is -0.870. The van der Waals surface area contributed by atoms with Crippen LogP contribution in [-0.2, 0) is 11.3 Å². The lowest BCUT2D eigenvalue weighted by atomic mass is 9.98. The summed E-state index contributed by atoms with van der Waals surface area (Å²) in [6.45, 7) is 7.16. The summed E-state index contributed by atoms with van der Waals surface area (Å²) in [6.07, 6.45) is 9.20. The zero-order valence-electron chi connectivity index (χ0n) is 11.6. The van der Waals surface area contributed by atoms with Crippen LogP contribution < -0.4 is 5.32 Å². The minimum atomic E-state index is 0.297. The van der Waals surface area contributed by atoms with E-state index < -0.39 is 0 Å². The number of rotatable bonds is 6. The van der Waals surface area contributed by atoms with Crippen LogP contribution in [-0.4, -0.2) is 29.0 Å². The van der Waals surface area contributed by atoms with Gasteiger partial charge in [0.2, 0.25) is 0 Å². The maximum Gasteiger partial charge on any atom is 0.0770 e. The van der Waals surface area contributed by atoms with E-state index in [2.05, 4.69) is 30.5 Å². The highest BCUT2D eigenvalue weighted by atomic mass is 16.5. The van der Waals surface area contributed by atoms with E-state index in [9.17, 15) is 0 Å². The van der Waals surface area contributed by atoms with Gasteiger partial charge in [-0.2, -0.15) is 5.10 Å². The molecular weight excluding hydrogens is 226 g/mol. The molecule has 0 aliphatic carbocycles. The molecule has 0 bridgehead atoms. The van der Waals surface area contributed by atoms with Gasteiger partial charge in [-0.3, -0.25) is 4.68 Å². The molecule has 1 aliphatic heterocycles. The van der Waals surface area contributed by atoms with E-state index in [1.54, 1.807) is 0 Å². The number of ether oxygens (including phenoxy) is 1. The van der Waals surface area contributed by atoms with Gasteiger partial charge in [-0.25, -0.2) is 0 Å². The molecule has 4 nitrogen and oxygen atoms in total. The van der Waals surface area contributed by atoms with E-state index in [-0.39, 0.29) is 0 Å². The standard InChI is InChI=1S/C14H25N3O/c1-3-8-15-14(13-7-5-6-9-18-13)12-10-16-17(4-2)11-12/h10-11,13-15H,3-9H2,1-2H3. The molecule has 2 atom stereocenters. The largest absolute Gasteiger partial charge is 0.376 e. The maximum absolute atomic E-state index is 5.93. The lowest BCUT2D eigenvalue weighted by Gasteiger charge is -2.30. The Morgan fingerprint density at radius 2 is 2.39 bits per heavy atom. The zero-order valence-corrected chi connectivity index (χ0v) is 11.6. The number of hydrogen-bond donors (Lipinski definition) is 1. The predicted octanol–water partition coefficient (Wildman–Crippen LogP) is 2.51. The molecule has 102 valence electrons. The molecule has 2 rings (SSSR count). The van der Waals surface area contributed by atoms with Crippen LogP contribution in [0.15, 0.2) is 12.4 Å². The maximum atomic E-state index is 5.93. The predicted molar refractivity (Wildman–Crippen MR) is 72.5 cm³/mol. The Balaban J connectivity index is 2.07. The summed E-state index contributed by atoms with van der Waals surface area (Å²) in [5, 5.41) is 7.99. The van der Waals surface area contributed by atoms with Crippen molar-refractivity contribution >= 4 is 0 Å². The summed E-state index contributed by atoms with van der Waals surface area (Å²) in [6, 6.07) is 0.297. The van der Waals surface area contributed by atoms with Gasteiger partial charge in [0.25, 0.3) is 0 Å². The van der Waals surface area contributed by atoms with E-state index in [1.165, 1.54) is 18.4 Å². The summed E-state index contributed by atoms with van der Waals surface area (Å²) < 4.78 is 7.92. The van der Waals surface area contributed by atoms with Gasteiger partial charge in [-0.05, 0) is 39.2 Å². The SMILES string of the molecule is CCCNC(c1cnn(CC)c1)C1CCCCO1. The van der Waals surface area contributed by atoms with Crippen LogP contribution >= 0.6 is 0 Å². The first-order valence-electron chi connectivity index (χ1n) is 7.22. The molecule has 4 heteroatoms. The highest BCUT2D eigenvalue weighted by molar-refractivity contribution is 5.13. The van der Waals surface area contributed by atoms with Gasteiger partial charge < -0.3 is 10.1 Å². The average molecular weight is 251 g/mol. The Morgan fingerprint density at radius 1 is 1.50 bits per heavy atom. The Labute approximate surface area is 110 Å². The Bertz CT molecular complexity index is 345. The monoisotopic (exact) mass is 251 g/mol. The number of aromatic nitrogens is 2. The van der Waals surface area contributed by atoms with Crippen LogP contribution in [0, 0.1) is 0 Å². The Morgan fingerprint density at radius 3 is 3.00 bits per heavy atom. The van der Waals surface area contributed by atoms with E-state index in [0.717, 1.165) is 32.5 Å².